The average molecular weight is 609 g/mol. The van der Waals surface area contributed by atoms with Crippen LogP contribution in [0, 0.1) is 5.41 Å². The molecule has 250 valence electrons. The summed E-state index contributed by atoms with van der Waals surface area (Å²) in [5.41, 5.74) is -0.776. The van der Waals surface area contributed by atoms with Gasteiger partial charge in [0.1, 0.15) is 0 Å². The number of aliphatic carboxylic acids is 1. The highest BCUT2D eigenvalue weighted by Gasteiger charge is 2.34. The summed E-state index contributed by atoms with van der Waals surface area (Å²) in [7, 11) is 0. The SMILES string of the molecule is CCCCCCCCCCCCCCCCCCC(C=S)(CCCCCCCCCCCCCCCCCC)C(=O)O. The summed E-state index contributed by atoms with van der Waals surface area (Å²) in [6.07, 6.45) is 44.5. The van der Waals surface area contributed by atoms with Crippen molar-refractivity contribution < 1.29 is 9.90 Å². The molecule has 0 aliphatic rings. The zero-order valence-electron chi connectivity index (χ0n) is 28.9. The van der Waals surface area contributed by atoms with Crippen LogP contribution in [0.2, 0.25) is 0 Å². The summed E-state index contributed by atoms with van der Waals surface area (Å²) in [5.74, 6) is -0.695. The van der Waals surface area contributed by atoms with E-state index in [2.05, 4.69) is 13.8 Å². The van der Waals surface area contributed by atoms with Crippen LogP contribution in [0.3, 0.4) is 0 Å². The highest BCUT2D eigenvalue weighted by Crippen LogP contribution is 2.31. The number of unbranched alkanes of at least 4 members (excludes halogenated alkanes) is 30. The van der Waals surface area contributed by atoms with Gasteiger partial charge in [-0.3, -0.25) is 4.79 Å². The normalized spacial score (nSPS) is 11.8. The van der Waals surface area contributed by atoms with Gasteiger partial charge >= 0.3 is 5.97 Å². The number of carboxylic acid groups (broad SMARTS) is 1. The minimum atomic E-state index is -0.776. The first kappa shape index (κ1) is 41.6. The maximum Gasteiger partial charge on any atom is 0.314 e. The monoisotopic (exact) mass is 609 g/mol. The van der Waals surface area contributed by atoms with E-state index >= 15 is 0 Å². The lowest BCUT2D eigenvalue weighted by molar-refractivity contribution is -0.145. The molecule has 0 radical (unpaired) electrons. The predicted molar refractivity (Wildman–Crippen MR) is 192 cm³/mol. The van der Waals surface area contributed by atoms with Crippen LogP contribution in [-0.4, -0.2) is 16.4 Å². The summed E-state index contributed by atoms with van der Waals surface area (Å²) < 4.78 is 0. The molecule has 0 saturated carbocycles. The van der Waals surface area contributed by atoms with Crippen molar-refractivity contribution in [2.24, 2.45) is 5.41 Å². The molecule has 0 spiro atoms. The van der Waals surface area contributed by atoms with Crippen molar-refractivity contribution in [3.8, 4) is 0 Å². The van der Waals surface area contributed by atoms with Crippen LogP contribution >= 0.6 is 12.2 Å². The smallest absolute Gasteiger partial charge is 0.314 e. The Morgan fingerprint density at radius 2 is 0.619 bits per heavy atom. The lowest BCUT2D eigenvalue weighted by atomic mass is 9.79. The molecule has 0 aliphatic carbocycles. The van der Waals surface area contributed by atoms with Crippen LogP contribution in [0.15, 0.2) is 0 Å². The first-order valence-electron chi connectivity index (χ1n) is 19.3. The molecule has 0 aromatic rings. The summed E-state index contributed by atoms with van der Waals surface area (Å²) in [4.78, 5) is 12.1. The zero-order valence-corrected chi connectivity index (χ0v) is 29.7. The van der Waals surface area contributed by atoms with Crippen molar-refractivity contribution in [1.29, 1.82) is 0 Å². The Labute approximate surface area is 270 Å². The van der Waals surface area contributed by atoms with E-state index in [4.69, 9.17) is 12.2 Å². The molecule has 42 heavy (non-hydrogen) atoms. The van der Waals surface area contributed by atoms with E-state index in [1.54, 1.807) is 5.37 Å². The topological polar surface area (TPSA) is 37.3 Å². The Kier molecular flexibility index (Phi) is 33.1. The Morgan fingerprint density at radius 1 is 0.429 bits per heavy atom. The van der Waals surface area contributed by atoms with Gasteiger partial charge in [0.2, 0.25) is 0 Å². The van der Waals surface area contributed by atoms with Gasteiger partial charge in [-0.25, -0.2) is 0 Å². The first-order valence-corrected chi connectivity index (χ1v) is 19.8. The van der Waals surface area contributed by atoms with Gasteiger partial charge < -0.3 is 5.11 Å². The van der Waals surface area contributed by atoms with Crippen molar-refractivity contribution >= 4 is 23.6 Å². The fourth-order valence-electron chi connectivity index (χ4n) is 6.48. The first-order chi connectivity index (χ1) is 20.6. The van der Waals surface area contributed by atoms with Crippen LogP contribution in [0.1, 0.15) is 232 Å². The van der Waals surface area contributed by atoms with E-state index in [0.717, 1.165) is 38.5 Å². The second-order valence-electron chi connectivity index (χ2n) is 13.7. The molecule has 0 aliphatic heterocycles. The van der Waals surface area contributed by atoms with Gasteiger partial charge in [-0.1, -0.05) is 232 Å². The number of carboxylic acids is 1. The van der Waals surface area contributed by atoms with Crippen molar-refractivity contribution in [2.75, 3.05) is 0 Å². The highest BCUT2D eigenvalue weighted by molar-refractivity contribution is 7.79. The van der Waals surface area contributed by atoms with E-state index in [9.17, 15) is 9.90 Å². The van der Waals surface area contributed by atoms with E-state index in [0.29, 0.717) is 0 Å². The van der Waals surface area contributed by atoms with E-state index in [1.807, 2.05) is 0 Å². The van der Waals surface area contributed by atoms with Crippen LogP contribution in [0.25, 0.3) is 0 Å². The quantitative estimate of drug-likeness (QED) is 0.0568. The molecule has 0 unspecified atom stereocenters. The molecular weight excluding hydrogens is 532 g/mol. The molecule has 0 saturated heterocycles. The Balaban J connectivity index is 3.64. The van der Waals surface area contributed by atoms with Crippen molar-refractivity contribution in [1.82, 2.24) is 0 Å². The minimum absolute atomic E-state index is 0.695. The number of carbonyl (C=O) groups is 1. The summed E-state index contributed by atoms with van der Waals surface area (Å²) in [5, 5.41) is 11.6. The molecule has 0 amide bonds. The maximum atomic E-state index is 12.1. The molecule has 0 aromatic heterocycles. The molecule has 0 aromatic carbocycles. The van der Waals surface area contributed by atoms with Crippen LogP contribution < -0.4 is 0 Å². The largest absolute Gasteiger partial charge is 0.481 e. The molecular formula is C39H76O2S. The lowest BCUT2D eigenvalue weighted by Crippen LogP contribution is -2.32. The van der Waals surface area contributed by atoms with Crippen LogP contribution in [0.4, 0.5) is 0 Å². The van der Waals surface area contributed by atoms with Gasteiger partial charge in [0, 0.05) is 0 Å². The second kappa shape index (κ2) is 33.5. The Bertz CT molecular complexity index is 525. The standard InChI is InChI=1S/C39H76O2S/c1-3-5-7-9-11-13-15-17-19-21-23-25-27-29-31-33-35-39(37-42,38(40)41)36-34-32-30-28-26-24-22-20-18-16-14-12-10-8-6-4-2/h37H,3-36H2,1-2H3,(H,40,41). The predicted octanol–water partition coefficient (Wildman–Crippen LogP) is 14.4. The molecule has 1 N–H and O–H groups in total. The minimum Gasteiger partial charge on any atom is -0.481 e. The third-order valence-electron chi connectivity index (χ3n) is 9.60. The molecule has 0 fully saturated rings. The molecule has 0 rings (SSSR count). The van der Waals surface area contributed by atoms with Gasteiger partial charge in [0.15, 0.2) is 0 Å². The van der Waals surface area contributed by atoms with Crippen LogP contribution in [-0.2, 0) is 4.79 Å². The molecule has 0 atom stereocenters. The molecule has 2 nitrogen and oxygen atoms in total. The van der Waals surface area contributed by atoms with Crippen molar-refractivity contribution in [3.05, 3.63) is 0 Å². The van der Waals surface area contributed by atoms with Gasteiger partial charge in [-0.15, -0.1) is 0 Å². The Hall–Kier alpha value is -0.440. The van der Waals surface area contributed by atoms with Crippen molar-refractivity contribution in [2.45, 2.75) is 232 Å². The molecule has 0 bridgehead atoms. The number of hydrogen-bond donors (Lipinski definition) is 1. The second-order valence-corrected chi connectivity index (χ2v) is 13.9. The summed E-state index contributed by atoms with van der Waals surface area (Å²) in [6.45, 7) is 4.57. The molecule has 0 heterocycles. The van der Waals surface area contributed by atoms with E-state index in [1.165, 1.54) is 180 Å². The van der Waals surface area contributed by atoms with Gasteiger partial charge in [0.25, 0.3) is 0 Å². The third kappa shape index (κ3) is 27.1. The van der Waals surface area contributed by atoms with Gasteiger partial charge in [0.05, 0.1) is 5.41 Å². The van der Waals surface area contributed by atoms with Gasteiger partial charge in [-0.2, -0.15) is 0 Å². The number of rotatable bonds is 36. The van der Waals surface area contributed by atoms with Gasteiger partial charge in [-0.05, 0) is 18.2 Å². The van der Waals surface area contributed by atoms with E-state index < -0.39 is 11.4 Å². The zero-order chi connectivity index (χ0) is 30.8. The van der Waals surface area contributed by atoms with Crippen LogP contribution in [0.5, 0.6) is 0 Å². The summed E-state index contributed by atoms with van der Waals surface area (Å²) in [6, 6.07) is 0. The summed E-state index contributed by atoms with van der Waals surface area (Å²) >= 11 is 5.28. The van der Waals surface area contributed by atoms with E-state index in [-0.39, 0.29) is 0 Å². The molecule has 3 heteroatoms. The lowest BCUT2D eigenvalue weighted by Gasteiger charge is -2.25. The fourth-order valence-corrected chi connectivity index (χ4v) is 6.82. The number of hydrogen-bond acceptors (Lipinski definition) is 2. The van der Waals surface area contributed by atoms with Crippen molar-refractivity contribution in [3.63, 3.8) is 0 Å². The highest BCUT2D eigenvalue weighted by atomic mass is 32.1. The number of thiocarbonyl (C=S) groups is 1. The Morgan fingerprint density at radius 3 is 0.786 bits per heavy atom. The third-order valence-corrected chi connectivity index (χ3v) is 10.1. The fraction of sp³-hybridized carbons (Fsp3) is 0.949. The average Bonchev–Trinajstić information content (AvgIpc) is 2.99. The maximum absolute atomic E-state index is 12.1.